The molecule has 146 valence electrons. The Morgan fingerprint density at radius 3 is 2.73 bits per heavy atom. The van der Waals surface area contributed by atoms with E-state index in [2.05, 4.69) is 42.3 Å². The molecule has 0 aromatic heterocycles. The molecule has 6 heteroatoms. The maximum Gasteiger partial charge on any atom is 0.193 e. The zero-order chi connectivity index (χ0) is 17.5. The number of halogens is 1. The molecular weight excluding hydrogens is 441 g/mol. The first-order chi connectivity index (χ1) is 12.3. The molecule has 1 aromatic rings. The average Bonchev–Trinajstić information content (AvgIpc) is 2.66. The Bertz CT molecular complexity index is 574. The summed E-state index contributed by atoms with van der Waals surface area (Å²) in [5, 5.41) is 3.47. The molecule has 0 bridgehead atoms. The lowest BCUT2D eigenvalue weighted by atomic mass is 9.93. The molecule has 1 fully saturated rings. The zero-order valence-corrected chi connectivity index (χ0v) is 18.3. The van der Waals surface area contributed by atoms with E-state index < -0.39 is 0 Å². The van der Waals surface area contributed by atoms with Gasteiger partial charge in [-0.3, -0.25) is 4.99 Å². The van der Waals surface area contributed by atoms with Gasteiger partial charge in [-0.1, -0.05) is 18.2 Å². The van der Waals surface area contributed by atoms with Gasteiger partial charge < -0.3 is 19.7 Å². The molecule has 1 saturated heterocycles. The molecule has 1 aromatic carbocycles. The number of fused-ring (bicyclic) bond motifs is 1. The van der Waals surface area contributed by atoms with Crippen LogP contribution in [-0.2, 0) is 4.74 Å². The fourth-order valence-corrected chi connectivity index (χ4v) is 3.70. The van der Waals surface area contributed by atoms with Crippen LogP contribution in [0, 0.1) is 0 Å². The van der Waals surface area contributed by atoms with Gasteiger partial charge in [0.25, 0.3) is 0 Å². The van der Waals surface area contributed by atoms with Crippen LogP contribution in [0.5, 0.6) is 5.75 Å². The summed E-state index contributed by atoms with van der Waals surface area (Å²) in [6.45, 7) is 9.54. The standard InChI is InChI=1S/C20H31N3O2.HI/c1-3-21-20(23-12-9-17(10-13-23)24-4-2)22-15-16-11-14-25-19-8-6-5-7-18(16)19;/h5-8,16-17H,3-4,9-15H2,1-2H3,(H,21,22);1H. The molecular formula is C20H32IN3O2. The van der Waals surface area contributed by atoms with Gasteiger partial charge in [0, 0.05) is 38.7 Å². The van der Waals surface area contributed by atoms with Crippen LogP contribution in [0.1, 0.15) is 44.6 Å². The summed E-state index contributed by atoms with van der Waals surface area (Å²) in [6, 6.07) is 8.37. The van der Waals surface area contributed by atoms with Crippen LogP contribution in [-0.4, -0.2) is 56.4 Å². The molecule has 26 heavy (non-hydrogen) atoms. The maximum absolute atomic E-state index is 5.77. The van der Waals surface area contributed by atoms with E-state index >= 15 is 0 Å². The Balaban J connectivity index is 0.00000243. The van der Waals surface area contributed by atoms with Crippen LogP contribution in [0.25, 0.3) is 0 Å². The van der Waals surface area contributed by atoms with E-state index in [0.717, 1.165) is 70.4 Å². The smallest absolute Gasteiger partial charge is 0.193 e. The van der Waals surface area contributed by atoms with Crippen LogP contribution in [0.2, 0.25) is 0 Å². The first-order valence-electron chi connectivity index (χ1n) is 9.68. The number of hydrogen-bond acceptors (Lipinski definition) is 3. The Labute approximate surface area is 174 Å². The molecule has 5 nitrogen and oxygen atoms in total. The second kappa shape index (κ2) is 11.0. The summed E-state index contributed by atoms with van der Waals surface area (Å²) in [6.07, 6.45) is 3.61. The third kappa shape index (κ3) is 5.49. The monoisotopic (exact) mass is 473 g/mol. The predicted molar refractivity (Wildman–Crippen MR) is 117 cm³/mol. The number of piperidine rings is 1. The Hall–Kier alpha value is -1.02. The van der Waals surface area contributed by atoms with Crippen molar-refractivity contribution in [3.63, 3.8) is 0 Å². The predicted octanol–water partition coefficient (Wildman–Crippen LogP) is 3.64. The minimum absolute atomic E-state index is 0. The van der Waals surface area contributed by atoms with E-state index in [4.69, 9.17) is 14.5 Å². The first kappa shape index (κ1) is 21.3. The van der Waals surface area contributed by atoms with Crippen LogP contribution in [0.4, 0.5) is 0 Å². The number of para-hydroxylation sites is 1. The van der Waals surface area contributed by atoms with Gasteiger partial charge in [-0.15, -0.1) is 24.0 Å². The highest BCUT2D eigenvalue weighted by atomic mass is 127. The lowest BCUT2D eigenvalue weighted by Crippen LogP contribution is -2.47. The number of nitrogens with one attached hydrogen (secondary N) is 1. The van der Waals surface area contributed by atoms with Crippen molar-refractivity contribution in [3.05, 3.63) is 29.8 Å². The van der Waals surface area contributed by atoms with E-state index in [-0.39, 0.29) is 24.0 Å². The molecule has 1 unspecified atom stereocenters. The molecule has 1 N–H and O–H groups in total. The number of aliphatic imine (C=N–C) groups is 1. The minimum atomic E-state index is 0. The van der Waals surface area contributed by atoms with Crippen molar-refractivity contribution in [3.8, 4) is 5.75 Å². The Kier molecular flexibility index (Phi) is 8.98. The van der Waals surface area contributed by atoms with E-state index in [1.54, 1.807) is 0 Å². The van der Waals surface area contributed by atoms with Crippen molar-refractivity contribution in [2.75, 3.05) is 39.4 Å². The number of ether oxygens (including phenoxy) is 2. The van der Waals surface area contributed by atoms with E-state index in [1.807, 2.05) is 6.07 Å². The van der Waals surface area contributed by atoms with Crippen LogP contribution in [0.15, 0.2) is 29.3 Å². The summed E-state index contributed by atoms with van der Waals surface area (Å²) in [7, 11) is 0. The van der Waals surface area contributed by atoms with E-state index in [9.17, 15) is 0 Å². The summed E-state index contributed by atoms with van der Waals surface area (Å²) in [5.74, 6) is 2.51. The highest BCUT2D eigenvalue weighted by molar-refractivity contribution is 14.0. The normalized spacial score (nSPS) is 20.8. The molecule has 1 atom stereocenters. The fraction of sp³-hybridized carbons (Fsp3) is 0.650. The maximum atomic E-state index is 5.77. The minimum Gasteiger partial charge on any atom is -0.493 e. The number of hydrogen-bond donors (Lipinski definition) is 1. The fourth-order valence-electron chi connectivity index (χ4n) is 3.70. The van der Waals surface area contributed by atoms with Gasteiger partial charge in [0.1, 0.15) is 5.75 Å². The van der Waals surface area contributed by atoms with Crippen molar-refractivity contribution in [2.45, 2.75) is 45.1 Å². The summed E-state index contributed by atoms with van der Waals surface area (Å²) in [4.78, 5) is 7.35. The molecule has 2 aliphatic heterocycles. The van der Waals surface area contributed by atoms with Crippen molar-refractivity contribution in [1.82, 2.24) is 10.2 Å². The van der Waals surface area contributed by atoms with E-state index in [1.165, 1.54) is 5.56 Å². The summed E-state index contributed by atoms with van der Waals surface area (Å²) in [5.41, 5.74) is 1.29. The van der Waals surface area contributed by atoms with Crippen molar-refractivity contribution in [2.24, 2.45) is 4.99 Å². The zero-order valence-electron chi connectivity index (χ0n) is 15.9. The molecule has 2 aliphatic rings. The SMILES string of the molecule is CCNC(=NCC1CCOc2ccccc21)N1CCC(OCC)CC1.I. The van der Waals surface area contributed by atoms with Crippen LogP contribution < -0.4 is 10.1 Å². The molecule has 0 aliphatic carbocycles. The second-order valence-corrected chi connectivity index (χ2v) is 6.71. The van der Waals surface area contributed by atoms with Gasteiger partial charge in [-0.2, -0.15) is 0 Å². The van der Waals surface area contributed by atoms with Gasteiger partial charge in [-0.05, 0) is 44.7 Å². The number of guanidine groups is 1. The summed E-state index contributed by atoms with van der Waals surface area (Å²) >= 11 is 0. The molecule has 0 amide bonds. The third-order valence-corrected chi connectivity index (χ3v) is 5.02. The van der Waals surface area contributed by atoms with E-state index in [0.29, 0.717) is 12.0 Å². The third-order valence-electron chi connectivity index (χ3n) is 5.02. The number of nitrogens with zero attached hydrogens (tertiary/aromatic N) is 2. The van der Waals surface area contributed by atoms with Crippen LogP contribution >= 0.6 is 24.0 Å². The highest BCUT2D eigenvalue weighted by Crippen LogP contribution is 2.33. The second-order valence-electron chi connectivity index (χ2n) is 6.71. The average molecular weight is 473 g/mol. The number of rotatable bonds is 5. The lowest BCUT2D eigenvalue weighted by Gasteiger charge is -2.34. The largest absolute Gasteiger partial charge is 0.493 e. The van der Waals surface area contributed by atoms with Crippen LogP contribution in [0.3, 0.4) is 0 Å². The summed E-state index contributed by atoms with van der Waals surface area (Å²) < 4.78 is 11.5. The Morgan fingerprint density at radius 1 is 1.23 bits per heavy atom. The topological polar surface area (TPSA) is 46.1 Å². The Morgan fingerprint density at radius 2 is 2.00 bits per heavy atom. The van der Waals surface area contributed by atoms with Gasteiger partial charge in [0.05, 0.1) is 12.7 Å². The first-order valence-corrected chi connectivity index (χ1v) is 9.68. The van der Waals surface area contributed by atoms with Crippen molar-refractivity contribution < 1.29 is 9.47 Å². The number of likely N-dealkylation sites (tertiary alicyclic amines) is 1. The van der Waals surface area contributed by atoms with Crippen molar-refractivity contribution in [1.29, 1.82) is 0 Å². The van der Waals surface area contributed by atoms with Gasteiger partial charge in [0.15, 0.2) is 5.96 Å². The molecule has 0 radical (unpaired) electrons. The number of benzene rings is 1. The molecule has 3 rings (SSSR count). The lowest BCUT2D eigenvalue weighted by molar-refractivity contribution is 0.0263. The van der Waals surface area contributed by atoms with Crippen molar-refractivity contribution >= 4 is 29.9 Å². The highest BCUT2D eigenvalue weighted by Gasteiger charge is 2.24. The molecule has 0 spiro atoms. The quantitative estimate of drug-likeness (QED) is 0.403. The van der Waals surface area contributed by atoms with Gasteiger partial charge >= 0.3 is 0 Å². The van der Waals surface area contributed by atoms with Gasteiger partial charge in [-0.25, -0.2) is 0 Å². The molecule has 2 heterocycles. The molecule has 0 saturated carbocycles. The van der Waals surface area contributed by atoms with Gasteiger partial charge in [0.2, 0.25) is 0 Å².